The smallest absolute Gasteiger partial charge is 0.284 e. The Labute approximate surface area is 111 Å². The Balaban J connectivity index is 1.95. The molecule has 0 atom stereocenters. The van der Waals surface area contributed by atoms with Crippen LogP contribution in [0.2, 0.25) is 0 Å². The topological polar surface area (TPSA) is 55.4 Å². The van der Waals surface area contributed by atoms with Gasteiger partial charge in [0, 0.05) is 6.54 Å². The molecule has 2 rings (SSSR count). The SMILES string of the molecule is O=CC(=O)NCc1ccc(Oc2ccccc2)cc1. The van der Waals surface area contributed by atoms with Gasteiger partial charge in [0.15, 0.2) is 0 Å². The van der Waals surface area contributed by atoms with Gasteiger partial charge in [-0.3, -0.25) is 9.59 Å². The minimum absolute atomic E-state index is 0.257. The maximum atomic E-state index is 10.8. The van der Waals surface area contributed by atoms with Crippen LogP contribution in [0.1, 0.15) is 5.56 Å². The van der Waals surface area contributed by atoms with Gasteiger partial charge in [0.2, 0.25) is 6.29 Å². The number of nitrogens with one attached hydrogen (secondary N) is 1. The van der Waals surface area contributed by atoms with Crippen molar-refractivity contribution in [3.05, 3.63) is 60.2 Å². The number of rotatable bonds is 5. The Bertz CT molecular complexity index is 549. The van der Waals surface area contributed by atoms with E-state index < -0.39 is 5.91 Å². The maximum Gasteiger partial charge on any atom is 0.284 e. The largest absolute Gasteiger partial charge is 0.457 e. The lowest BCUT2D eigenvalue weighted by atomic mass is 10.2. The molecule has 4 heteroatoms. The molecule has 4 nitrogen and oxygen atoms in total. The van der Waals surface area contributed by atoms with Crippen molar-refractivity contribution in [3.8, 4) is 11.5 Å². The van der Waals surface area contributed by atoms with Crippen molar-refractivity contribution >= 4 is 12.2 Å². The lowest BCUT2D eigenvalue weighted by molar-refractivity contribution is -0.131. The molecule has 2 aromatic carbocycles. The number of benzene rings is 2. The Morgan fingerprint density at radius 1 is 1.00 bits per heavy atom. The van der Waals surface area contributed by atoms with E-state index in [4.69, 9.17) is 4.74 Å². The molecule has 96 valence electrons. The first kappa shape index (κ1) is 12.8. The highest BCUT2D eigenvalue weighted by Crippen LogP contribution is 2.20. The highest BCUT2D eigenvalue weighted by Gasteiger charge is 2.00. The minimum atomic E-state index is -0.621. The van der Waals surface area contributed by atoms with Gasteiger partial charge in [-0.05, 0) is 29.8 Å². The van der Waals surface area contributed by atoms with Crippen LogP contribution in [0.15, 0.2) is 54.6 Å². The van der Waals surface area contributed by atoms with Gasteiger partial charge in [-0.1, -0.05) is 30.3 Å². The maximum absolute atomic E-state index is 10.8. The Morgan fingerprint density at radius 3 is 2.26 bits per heavy atom. The van der Waals surface area contributed by atoms with Crippen LogP contribution >= 0.6 is 0 Å². The van der Waals surface area contributed by atoms with Crippen LogP contribution in [-0.2, 0) is 16.1 Å². The van der Waals surface area contributed by atoms with Crippen molar-refractivity contribution in [1.82, 2.24) is 5.32 Å². The van der Waals surface area contributed by atoms with Gasteiger partial charge < -0.3 is 10.1 Å². The Hall–Kier alpha value is -2.62. The first-order valence-corrected chi connectivity index (χ1v) is 5.83. The summed E-state index contributed by atoms with van der Waals surface area (Å²) in [6.07, 6.45) is 0.257. The zero-order valence-corrected chi connectivity index (χ0v) is 10.2. The number of carbonyl (C=O) groups excluding carboxylic acids is 2. The number of aldehydes is 1. The Morgan fingerprint density at radius 2 is 1.63 bits per heavy atom. The fraction of sp³-hybridized carbons (Fsp3) is 0.0667. The van der Waals surface area contributed by atoms with Gasteiger partial charge in [0.05, 0.1) is 0 Å². The third kappa shape index (κ3) is 3.96. The molecule has 0 saturated heterocycles. The number of para-hydroxylation sites is 1. The molecule has 0 aliphatic carbocycles. The van der Waals surface area contributed by atoms with E-state index in [-0.39, 0.29) is 6.29 Å². The molecule has 1 N–H and O–H groups in total. The first-order chi connectivity index (χ1) is 9.28. The second-order valence-corrected chi connectivity index (χ2v) is 3.89. The lowest BCUT2D eigenvalue weighted by Gasteiger charge is -2.06. The fourth-order valence-corrected chi connectivity index (χ4v) is 1.53. The average molecular weight is 255 g/mol. The molecule has 2 aromatic rings. The molecule has 0 unspecified atom stereocenters. The van der Waals surface area contributed by atoms with Crippen molar-refractivity contribution in [2.45, 2.75) is 6.54 Å². The fourth-order valence-electron chi connectivity index (χ4n) is 1.53. The molecule has 0 spiro atoms. The minimum Gasteiger partial charge on any atom is -0.457 e. The highest BCUT2D eigenvalue weighted by molar-refractivity contribution is 6.23. The van der Waals surface area contributed by atoms with Gasteiger partial charge in [0.25, 0.3) is 5.91 Å². The van der Waals surface area contributed by atoms with E-state index >= 15 is 0 Å². The molecule has 0 heterocycles. The van der Waals surface area contributed by atoms with Crippen LogP contribution in [0.25, 0.3) is 0 Å². The second kappa shape index (κ2) is 6.35. The molecule has 0 fully saturated rings. The average Bonchev–Trinajstić information content (AvgIpc) is 2.47. The highest BCUT2D eigenvalue weighted by atomic mass is 16.5. The zero-order chi connectivity index (χ0) is 13.5. The van der Waals surface area contributed by atoms with Gasteiger partial charge in [-0.2, -0.15) is 0 Å². The quantitative estimate of drug-likeness (QED) is 0.658. The summed E-state index contributed by atoms with van der Waals surface area (Å²) in [4.78, 5) is 20.9. The molecule has 1 amide bonds. The molecule has 0 saturated carbocycles. The van der Waals surface area contributed by atoms with Crippen LogP contribution in [-0.4, -0.2) is 12.2 Å². The standard InChI is InChI=1S/C15H13NO3/c17-11-15(18)16-10-12-6-8-14(9-7-12)19-13-4-2-1-3-5-13/h1-9,11H,10H2,(H,16,18). The summed E-state index contributed by atoms with van der Waals surface area (Å²) in [5.74, 6) is 0.866. The van der Waals surface area contributed by atoms with Gasteiger partial charge in [0.1, 0.15) is 11.5 Å². The third-order valence-electron chi connectivity index (χ3n) is 2.48. The number of hydrogen-bond acceptors (Lipinski definition) is 3. The van der Waals surface area contributed by atoms with Crippen molar-refractivity contribution in [2.24, 2.45) is 0 Å². The van der Waals surface area contributed by atoms with Gasteiger partial charge in [-0.25, -0.2) is 0 Å². The first-order valence-electron chi connectivity index (χ1n) is 5.83. The third-order valence-corrected chi connectivity index (χ3v) is 2.48. The summed E-state index contributed by atoms with van der Waals surface area (Å²) in [7, 11) is 0. The van der Waals surface area contributed by atoms with Gasteiger partial charge >= 0.3 is 0 Å². The monoisotopic (exact) mass is 255 g/mol. The molecule has 0 bridgehead atoms. The van der Waals surface area contributed by atoms with Crippen molar-refractivity contribution in [1.29, 1.82) is 0 Å². The zero-order valence-electron chi connectivity index (χ0n) is 10.2. The van der Waals surface area contributed by atoms with Crippen molar-refractivity contribution in [3.63, 3.8) is 0 Å². The summed E-state index contributed by atoms with van der Waals surface area (Å²) in [6, 6.07) is 16.8. The van der Waals surface area contributed by atoms with Gasteiger partial charge in [-0.15, -0.1) is 0 Å². The summed E-state index contributed by atoms with van der Waals surface area (Å²) >= 11 is 0. The summed E-state index contributed by atoms with van der Waals surface area (Å²) < 4.78 is 5.64. The second-order valence-electron chi connectivity index (χ2n) is 3.89. The van der Waals surface area contributed by atoms with E-state index in [9.17, 15) is 9.59 Å². The van der Waals surface area contributed by atoms with Crippen LogP contribution < -0.4 is 10.1 Å². The normalized spacial score (nSPS) is 9.68. The van der Waals surface area contributed by atoms with Crippen LogP contribution in [0.5, 0.6) is 11.5 Å². The molecular weight excluding hydrogens is 242 g/mol. The predicted molar refractivity (Wildman–Crippen MR) is 70.9 cm³/mol. The van der Waals surface area contributed by atoms with Crippen molar-refractivity contribution < 1.29 is 14.3 Å². The molecule has 0 aliphatic heterocycles. The van der Waals surface area contributed by atoms with E-state index in [0.29, 0.717) is 6.54 Å². The van der Waals surface area contributed by atoms with E-state index in [1.807, 2.05) is 54.6 Å². The summed E-state index contributed by atoms with van der Waals surface area (Å²) in [5, 5.41) is 2.47. The number of hydrogen-bond donors (Lipinski definition) is 1. The lowest BCUT2D eigenvalue weighted by Crippen LogP contribution is -2.23. The van der Waals surface area contributed by atoms with E-state index in [0.717, 1.165) is 17.1 Å². The van der Waals surface area contributed by atoms with E-state index in [2.05, 4.69) is 5.32 Å². The summed E-state index contributed by atoms with van der Waals surface area (Å²) in [6.45, 7) is 0.323. The van der Waals surface area contributed by atoms with E-state index in [1.54, 1.807) is 0 Å². The predicted octanol–water partition coefficient (Wildman–Crippen LogP) is 2.29. The van der Waals surface area contributed by atoms with Crippen LogP contribution in [0.3, 0.4) is 0 Å². The molecule has 0 aliphatic rings. The summed E-state index contributed by atoms with van der Waals surface area (Å²) in [5.41, 5.74) is 0.899. The van der Waals surface area contributed by atoms with Crippen molar-refractivity contribution in [2.75, 3.05) is 0 Å². The molecular formula is C15H13NO3. The van der Waals surface area contributed by atoms with E-state index in [1.165, 1.54) is 0 Å². The molecule has 19 heavy (non-hydrogen) atoms. The number of amides is 1. The van der Waals surface area contributed by atoms with Crippen LogP contribution in [0.4, 0.5) is 0 Å². The molecule has 0 aromatic heterocycles. The number of ether oxygens (including phenoxy) is 1. The number of carbonyl (C=O) groups is 2. The van der Waals surface area contributed by atoms with Crippen LogP contribution in [0, 0.1) is 0 Å². The molecule has 0 radical (unpaired) electrons. The Kier molecular flexibility index (Phi) is 4.29.